The Hall–Kier alpha value is -3.23. The average Bonchev–Trinajstić information content (AvgIpc) is 3.22. The number of rotatable bonds is 5. The Morgan fingerprint density at radius 2 is 2.03 bits per heavy atom. The largest absolute Gasteiger partial charge is 0.342 e. The first kappa shape index (κ1) is 18.5. The van der Waals surface area contributed by atoms with Gasteiger partial charge in [-0.1, -0.05) is 0 Å². The molecule has 0 bridgehead atoms. The number of aryl methyl sites for hydroxylation is 2. The molecule has 160 valence electrons. The predicted octanol–water partition coefficient (Wildman–Crippen LogP) is 1.64. The number of hydrogen-bond acceptors (Lipinski definition) is 6. The Morgan fingerprint density at radius 3 is 2.84 bits per heavy atom. The number of aromatic nitrogens is 6. The summed E-state index contributed by atoms with van der Waals surface area (Å²) in [5.41, 5.74) is 4.58. The van der Waals surface area contributed by atoms with E-state index in [0.29, 0.717) is 12.2 Å². The second kappa shape index (κ2) is 6.90. The zero-order valence-corrected chi connectivity index (χ0v) is 17.8. The molecule has 0 aromatic carbocycles. The molecule has 2 unspecified atom stereocenters. The highest BCUT2D eigenvalue weighted by Gasteiger charge is 2.45. The van der Waals surface area contributed by atoms with Crippen LogP contribution in [0.1, 0.15) is 52.0 Å². The summed E-state index contributed by atoms with van der Waals surface area (Å²) in [4.78, 5) is 33.1. The Bertz CT molecular complexity index is 1150. The standard InChI is InChI=1S/C22H26N8O/c1-13-16(6-23-22(26-13)30-8-14-5-15(14)9-30)7-29-10-18(24-12-29)21(31)27-17-3-4-19-20(17)25-11-28(19)2/h6,10-12,14-15,17H,3-5,7-9H2,1-2H3,(H,27,31)/t14?,15?,17-/m1/s1. The molecule has 31 heavy (non-hydrogen) atoms. The molecule has 9 nitrogen and oxygen atoms in total. The van der Waals surface area contributed by atoms with Crippen molar-refractivity contribution in [1.82, 2.24) is 34.4 Å². The van der Waals surface area contributed by atoms with Gasteiger partial charge in [0.25, 0.3) is 5.91 Å². The molecule has 0 radical (unpaired) electrons. The summed E-state index contributed by atoms with van der Waals surface area (Å²) in [6.07, 6.45) is 10.4. The normalized spacial score (nSPS) is 23.7. The van der Waals surface area contributed by atoms with Crippen molar-refractivity contribution in [2.75, 3.05) is 18.0 Å². The lowest BCUT2D eigenvalue weighted by molar-refractivity contribution is 0.0931. The van der Waals surface area contributed by atoms with Crippen molar-refractivity contribution in [3.63, 3.8) is 0 Å². The fourth-order valence-corrected chi connectivity index (χ4v) is 4.97. The first-order valence-corrected chi connectivity index (χ1v) is 11.0. The maximum atomic E-state index is 12.7. The molecule has 3 aliphatic rings. The third-order valence-electron chi connectivity index (χ3n) is 6.95. The Labute approximate surface area is 180 Å². The number of carbonyl (C=O) groups excluding carboxylic acids is 1. The van der Waals surface area contributed by atoms with Gasteiger partial charge in [-0.05, 0) is 38.0 Å². The van der Waals surface area contributed by atoms with E-state index in [2.05, 4.69) is 25.2 Å². The van der Waals surface area contributed by atoms with Gasteiger partial charge in [0.05, 0.1) is 30.9 Å². The zero-order chi connectivity index (χ0) is 21.1. The maximum Gasteiger partial charge on any atom is 0.272 e. The fraction of sp³-hybridized carbons (Fsp3) is 0.500. The van der Waals surface area contributed by atoms with Crippen molar-refractivity contribution in [3.8, 4) is 0 Å². The Kier molecular flexibility index (Phi) is 4.12. The molecule has 2 aliphatic carbocycles. The monoisotopic (exact) mass is 418 g/mol. The molecule has 1 N–H and O–H groups in total. The van der Waals surface area contributed by atoms with Crippen LogP contribution in [0.2, 0.25) is 0 Å². The average molecular weight is 419 g/mol. The molecule has 0 spiro atoms. The molecule has 1 saturated heterocycles. The molecular formula is C22H26N8O. The second-order valence-electron chi connectivity index (χ2n) is 9.12. The van der Waals surface area contributed by atoms with Gasteiger partial charge in [0.1, 0.15) is 5.69 Å². The van der Waals surface area contributed by atoms with Crippen LogP contribution in [0.3, 0.4) is 0 Å². The lowest BCUT2D eigenvalue weighted by Gasteiger charge is -2.18. The summed E-state index contributed by atoms with van der Waals surface area (Å²) in [7, 11) is 1.99. The van der Waals surface area contributed by atoms with E-state index in [4.69, 9.17) is 4.98 Å². The minimum atomic E-state index is -0.168. The van der Waals surface area contributed by atoms with E-state index in [1.54, 1.807) is 18.9 Å². The van der Waals surface area contributed by atoms with Gasteiger partial charge >= 0.3 is 0 Å². The van der Waals surface area contributed by atoms with Crippen LogP contribution >= 0.6 is 0 Å². The van der Waals surface area contributed by atoms with Crippen LogP contribution in [-0.2, 0) is 20.0 Å². The highest BCUT2D eigenvalue weighted by Crippen LogP contribution is 2.45. The quantitative estimate of drug-likeness (QED) is 0.677. The summed E-state index contributed by atoms with van der Waals surface area (Å²) >= 11 is 0. The first-order chi connectivity index (χ1) is 15.0. The lowest BCUT2D eigenvalue weighted by atomic mass is 10.2. The third-order valence-corrected chi connectivity index (χ3v) is 6.95. The van der Waals surface area contributed by atoms with Gasteiger partial charge < -0.3 is 19.4 Å². The van der Waals surface area contributed by atoms with Gasteiger partial charge in [0.2, 0.25) is 5.95 Å². The topological polar surface area (TPSA) is 93.8 Å². The molecule has 1 aliphatic heterocycles. The van der Waals surface area contributed by atoms with Crippen LogP contribution in [0.5, 0.6) is 0 Å². The molecule has 3 aromatic heterocycles. The SMILES string of the molecule is Cc1nc(N2CC3CC3C2)ncc1Cn1cnc(C(=O)N[C@@H]2CCc3c2ncn3C)c1. The van der Waals surface area contributed by atoms with Crippen LogP contribution in [0.15, 0.2) is 25.0 Å². The van der Waals surface area contributed by atoms with Crippen LogP contribution in [0.25, 0.3) is 0 Å². The number of hydrogen-bond donors (Lipinski definition) is 1. The van der Waals surface area contributed by atoms with Gasteiger partial charge in [0.15, 0.2) is 0 Å². The summed E-state index contributed by atoms with van der Waals surface area (Å²) in [5.74, 6) is 2.38. The van der Waals surface area contributed by atoms with Crippen molar-refractivity contribution >= 4 is 11.9 Å². The van der Waals surface area contributed by atoms with Crippen molar-refractivity contribution in [2.24, 2.45) is 18.9 Å². The van der Waals surface area contributed by atoms with Crippen LogP contribution in [0, 0.1) is 18.8 Å². The van der Waals surface area contributed by atoms with E-state index in [1.165, 1.54) is 12.1 Å². The lowest BCUT2D eigenvalue weighted by Crippen LogP contribution is -2.27. The summed E-state index contributed by atoms with van der Waals surface area (Å²) in [6, 6.07) is -0.0475. The molecule has 3 aromatic rings. The van der Waals surface area contributed by atoms with Crippen molar-refractivity contribution in [1.29, 1.82) is 0 Å². The molecule has 3 atom stereocenters. The van der Waals surface area contributed by atoms with Crippen molar-refractivity contribution < 1.29 is 4.79 Å². The number of nitrogens with zero attached hydrogens (tertiary/aromatic N) is 7. The van der Waals surface area contributed by atoms with E-state index in [1.807, 2.05) is 29.3 Å². The second-order valence-corrected chi connectivity index (χ2v) is 9.12. The summed E-state index contributed by atoms with van der Waals surface area (Å²) in [5, 5.41) is 3.08. The number of imidazole rings is 2. The van der Waals surface area contributed by atoms with E-state index in [-0.39, 0.29) is 11.9 Å². The number of carbonyl (C=O) groups is 1. The number of nitrogens with one attached hydrogen (secondary N) is 1. The van der Waals surface area contributed by atoms with E-state index >= 15 is 0 Å². The van der Waals surface area contributed by atoms with Gasteiger partial charge in [0, 0.05) is 49.5 Å². The van der Waals surface area contributed by atoms with Crippen LogP contribution < -0.4 is 10.2 Å². The highest BCUT2D eigenvalue weighted by molar-refractivity contribution is 5.92. The number of fused-ring (bicyclic) bond motifs is 2. The molecule has 6 rings (SSSR count). The van der Waals surface area contributed by atoms with Gasteiger partial charge in [-0.15, -0.1) is 0 Å². The van der Waals surface area contributed by atoms with Gasteiger partial charge in [-0.3, -0.25) is 4.79 Å². The molecule has 4 heterocycles. The minimum absolute atomic E-state index is 0.0475. The van der Waals surface area contributed by atoms with E-state index < -0.39 is 0 Å². The number of anilines is 1. The van der Waals surface area contributed by atoms with Crippen LogP contribution in [0.4, 0.5) is 5.95 Å². The van der Waals surface area contributed by atoms with E-state index in [9.17, 15) is 4.79 Å². The smallest absolute Gasteiger partial charge is 0.272 e. The van der Waals surface area contributed by atoms with E-state index in [0.717, 1.165) is 60.7 Å². The maximum absolute atomic E-state index is 12.7. The zero-order valence-electron chi connectivity index (χ0n) is 17.8. The molecule has 1 saturated carbocycles. The highest BCUT2D eigenvalue weighted by atomic mass is 16.2. The molecule has 9 heteroatoms. The molecular weight excluding hydrogens is 392 g/mol. The van der Waals surface area contributed by atoms with Gasteiger partial charge in [-0.25, -0.2) is 19.9 Å². The summed E-state index contributed by atoms with van der Waals surface area (Å²) < 4.78 is 3.94. The van der Waals surface area contributed by atoms with Crippen molar-refractivity contribution in [3.05, 3.63) is 53.4 Å². The molecule has 2 fully saturated rings. The summed E-state index contributed by atoms with van der Waals surface area (Å²) in [6.45, 7) is 4.78. The number of piperidine rings is 1. The van der Waals surface area contributed by atoms with Crippen molar-refractivity contribution in [2.45, 2.75) is 38.8 Å². The molecule has 1 amide bonds. The third kappa shape index (κ3) is 3.28. The number of amides is 1. The minimum Gasteiger partial charge on any atom is -0.342 e. The van der Waals surface area contributed by atoms with Crippen LogP contribution in [-0.4, -0.2) is 48.1 Å². The Balaban J connectivity index is 1.12. The first-order valence-electron chi connectivity index (χ1n) is 11.0. The fourth-order valence-electron chi connectivity index (χ4n) is 4.97. The Morgan fingerprint density at radius 1 is 1.19 bits per heavy atom. The predicted molar refractivity (Wildman–Crippen MR) is 114 cm³/mol. The van der Waals surface area contributed by atoms with Gasteiger partial charge in [-0.2, -0.15) is 0 Å².